The Morgan fingerprint density at radius 2 is 0.842 bits per heavy atom. The SMILES string of the molecule is c1ccc(-c2ccc(N(c3cccc(-c4cccc(-c5ccc6c(c5)c5ccccc5n6-c5ccccc5)c4)c3)c3ccc4oc5ccccc5c4c3)cc2)cc1. The van der Waals surface area contributed by atoms with Gasteiger partial charge < -0.3 is 13.9 Å². The summed E-state index contributed by atoms with van der Waals surface area (Å²) in [6.45, 7) is 0. The van der Waals surface area contributed by atoms with Gasteiger partial charge in [-0.3, -0.25) is 0 Å². The Morgan fingerprint density at radius 1 is 0.298 bits per heavy atom. The number of para-hydroxylation sites is 3. The van der Waals surface area contributed by atoms with Gasteiger partial charge in [0.15, 0.2) is 0 Å². The van der Waals surface area contributed by atoms with Crippen molar-refractivity contribution in [2.75, 3.05) is 4.90 Å². The molecule has 0 amide bonds. The number of hydrogen-bond donors (Lipinski definition) is 0. The van der Waals surface area contributed by atoms with Crippen LogP contribution in [0.2, 0.25) is 0 Å². The standard InChI is InChI=1S/C54H36N2O/c1-3-13-37(14-4-1)38-25-28-44(29-26-38)55(46-30-32-54-50(36-46)48-22-8-10-24-53(48)57-54)45-20-12-17-41(34-45)39-15-11-16-40(33-39)42-27-31-52-49(35-42)47-21-7-9-23-51(47)56(52)43-18-5-2-6-19-43/h1-36H. The summed E-state index contributed by atoms with van der Waals surface area (Å²) in [5, 5.41) is 4.71. The summed E-state index contributed by atoms with van der Waals surface area (Å²) in [6.07, 6.45) is 0. The van der Waals surface area contributed by atoms with E-state index in [1.807, 2.05) is 12.1 Å². The highest BCUT2D eigenvalue weighted by molar-refractivity contribution is 6.10. The van der Waals surface area contributed by atoms with Crippen LogP contribution in [-0.2, 0) is 0 Å². The molecular weight excluding hydrogens is 693 g/mol. The van der Waals surface area contributed by atoms with Crippen LogP contribution in [-0.4, -0.2) is 4.57 Å². The van der Waals surface area contributed by atoms with Gasteiger partial charge in [0.05, 0.1) is 11.0 Å². The number of fused-ring (bicyclic) bond motifs is 6. The first kappa shape index (κ1) is 32.8. The van der Waals surface area contributed by atoms with E-state index >= 15 is 0 Å². The molecule has 11 rings (SSSR count). The number of aromatic nitrogens is 1. The van der Waals surface area contributed by atoms with Crippen molar-refractivity contribution in [3.63, 3.8) is 0 Å². The number of furan rings is 1. The first-order valence-electron chi connectivity index (χ1n) is 19.4. The molecule has 3 nitrogen and oxygen atoms in total. The van der Waals surface area contributed by atoms with Crippen molar-refractivity contribution < 1.29 is 4.42 Å². The zero-order chi connectivity index (χ0) is 37.7. The molecule has 0 aliphatic rings. The summed E-state index contributed by atoms with van der Waals surface area (Å²) in [6, 6.07) is 78.2. The van der Waals surface area contributed by atoms with E-state index in [4.69, 9.17) is 4.42 Å². The van der Waals surface area contributed by atoms with Gasteiger partial charge in [0.25, 0.3) is 0 Å². The third kappa shape index (κ3) is 5.76. The van der Waals surface area contributed by atoms with Crippen LogP contribution in [0.5, 0.6) is 0 Å². The maximum absolute atomic E-state index is 6.23. The smallest absolute Gasteiger partial charge is 0.135 e. The van der Waals surface area contributed by atoms with Gasteiger partial charge in [-0.1, -0.05) is 133 Å². The van der Waals surface area contributed by atoms with Gasteiger partial charge in [0.2, 0.25) is 0 Å². The number of hydrogen-bond acceptors (Lipinski definition) is 2. The van der Waals surface area contributed by atoms with Crippen molar-refractivity contribution in [2.24, 2.45) is 0 Å². The molecule has 57 heavy (non-hydrogen) atoms. The molecule has 268 valence electrons. The highest BCUT2D eigenvalue weighted by Gasteiger charge is 2.18. The summed E-state index contributed by atoms with van der Waals surface area (Å²) >= 11 is 0. The summed E-state index contributed by atoms with van der Waals surface area (Å²) < 4.78 is 8.60. The van der Waals surface area contributed by atoms with E-state index in [-0.39, 0.29) is 0 Å². The molecule has 3 heteroatoms. The molecule has 0 aliphatic heterocycles. The summed E-state index contributed by atoms with van der Waals surface area (Å²) in [5.41, 5.74) is 15.6. The zero-order valence-electron chi connectivity index (χ0n) is 31.1. The fourth-order valence-corrected chi connectivity index (χ4v) is 8.44. The quantitative estimate of drug-likeness (QED) is 0.163. The van der Waals surface area contributed by atoms with Gasteiger partial charge >= 0.3 is 0 Å². The van der Waals surface area contributed by atoms with Crippen molar-refractivity contribution in [3.8, 4) is 39.1 Å². The normalized spacial score (nSPS) is 11.5. The van der Waals surface area contributed by atoms with Gasteiger partial charge in [0, 0.05) is 44.3 Å². The second-order valence-electron chi connectivity index (χ2n) is 14.6. The third-order valence-electron chi connectivity index (χ3n) is 11.2. The van der Waals surface area contributed by atoms with Crippen LogP contribution in [0, 0.1) is 0 Å². The highest BCUT2D eigenvalue weighted by Crippen LogP contribution is 2.41. The van der Waals surface area contributed by atoms with E-state index in [9.17, 15) is 0 Å². The van der Waals surface area contributed by atoms with Crippen LogP contribution in [0.25, 0.3) is 82.8 Å². The Morgan fingerprint density at radius 3 is 1.65 bits per heavy atom. The Labute approximate surface area is 330 Å². The topological polar surface area (TPSA) is 21.3 Å². The van der Waals surface area contributed by atoms with Crippen LogP contribution in [0.4, 0.5) is 17.1 Å². The molecule has 0 aliphatic carbocycles. The van der Waals surface area contributed by atoms with Gasteiger partial charge in [-0.2, -0.15) is 0 Å². The fraction of sp³-hybridized carbons (Fsp3) is 0. The Hall–Kier alpha value is -7.62. The minimum Gasteiger partial charge on any atom is -0.456 e. The molecule has 0 spiro atoms. The maximum atomic E-state index is 6.23. The molecule has 0 atom stereocenters. The van der Waals surface area contributed by atoms with Crippen molar-refractivity contribution in [2.45, 2.75) is 0 Å². The number of nitrogens with zero attached hydrogens (tertiary/aromatic N) is 2. The lowest BCUT2D eigenvalue weighted by Crippen LogP contribution is -2.10. The van der Waals surface area contributed by atoms with E-state index in [0.29, 0.717) is 0 Å². The van der Waals surface area contributed by atoms with Crippen LogP contribution in [0.1, 0.15) is 0 Å². The van der Waals surface area contributed by atoms with E-state index < -0.39 is 0 Å². The molecule has 0 N–H and O–H groups in total. The third-order valence-corrected chi connectivity index (χ3v) is 11.2. The van der Waals surface area contributed by atoms with Crippen molar-refractivity contribution in [3.05, 3.63) is 218 Å². The molecular formula is C54H36N2O. The van der Waals surface area contributed by atoms with Gasteiger partial charge in [-0.05, 0) is 118 Å². The van der Waals surface area contributed by atoms with Gasteiger partial charge in [-0.25, -0.2) is 0 Å². The van der Waals surface area contributed by atoms with Crippen LogP contribution in [0.15, 0.2) is 223 Å². The van der Waals surface area contributed by atoms with Crippen LogP contribution in [0.3, 0.4) is 0 Å². The number of benzene rings is 9. The first-order valence-corrected chi connectivity index (χ1v) is 19.4. The van der Waals surface area contributed by atoms with Gasteiger partial charge in [0.1, 0.15) is 11.2 Å². The minimum atomic E-state index is 0.882. The Kier molecular flexibility index (Phi) is 7.82. The Balaban J connectivity index is 1.01. The van der Waals surface area contributed by atoms with Gasteiger partial charge in [-0.15, -0.1) is 0 Å². The largest absolute Gasteiger partial charge is 0.456 e. The molecule has 0 bridgehead atoms. The first-order chi connectivity index (χ1) is 28.2. The van der Waals surface area contributed by atoms with Crippen molar-refractivity contribution >= 4 is 60.8 Å². The Bertz CT molecular complexity index is 3230. The molecule has 9 aromatic carbocycles. The average molecular weight is 729 g/mol. The summed E-state index contributed by atoms with van der Waals surface area (Å²) in [4.78, 5) is 2.35. The second kappa shape index (κ2) is 13.6. The van der Waals surface area contributed by atoms with Crippen molar-refractivity contribution in [1.29, 1.82) is 0 Å². The molecule has 11 aromatic rings. The molecule has 2 heterocycles. The predicted molar refractivity (Wildman–Crippen MR) is 239 cm³/mol. The van der Waals surface area contributed by atoms with E-state index in [2.05, 4.69) is 216 Å². The lowest BCUT2D eigenvalue weighted by atomic mass is 9.97. The monoisotopic (exact) mass is 728 g/mol. The highest BCUT2D eigenvalue weighted by atomic mass is 16.3. The minimum absolute atomic E-state index is 0.882. The van der Waals surface area contributed by atoms with E-state index in [1.54, 1.807) is 0 Å². The molecule has 0 radical (unpaired) electrons. The zero-order valence-corrected chi connectivity index (χ0v) is 31.1. The maximum Gasteiger partial charge on any atom is 0.135 e. The molecule has 2 aromatic heterocycles. The predicted octanol–water partition coefficient (Wildman–Crippen LogP) is 15.2. The molecule has 0 saturated carbocycles. The molecule has 0 saturated heterocycles. The van der Waals surface area contributed by atoms with Crippen molar-refractivity contribution in [1.82, 2.24) is 4.57 Å². The van der Waals surface area contributed by atoms with E-state index in [1.165, 1.54) is 44.1 Å². The number of rotatable bonds is 7. The van der Waals surface area contributed by atoms with E-state index in [0.717, 1.165) is 55.8 Å². The van der Waals surface area contributed by atoms with Crippen LogP contribution < -0.4 is 4.90 Å². The number of anilines is 3. The fourth-order valence-electron chi connectivity index (χ4n) is 8.44. The lowest BCUT2D eigenvalue weighted by Gasteiger charge is -2.26. The summed E-state index contributed by atoms with van der Waals surface area (Å²) in [5.74, 6) is 0. The second-order valence-corrected chi connectivity index (χ2v) is 14.6. The average Bonchev–Trinajstić information content (AvgIpc) is 3.83. The van der Waals surface area contributed by atoms with Crippen LogP contribution >= 0.6 is 0 Å². The summed E-state index contributed by atoms with van der Waals surface area (Å²) in [7, 11) is 0. The lowest BCUT2D eigenvalue weighted by molar-refractivity contribution is 0.669. The molecule has 0 unspecified atom stereocenters. The molecule has 0 fully saturated rings.